The lowest BCUT2D eigenvalue weighted by Gasteiger charge is -2.28. The van der Waals surface area contributed by atoms with Crippen LogP contribution in [0, 0.1) is 5.92 Å². The molecule has 0 aromatic rings. The fourth-order valence-electron chi connectivity index (χ4n) is 1.51. The Morgan fingerprint density at radius 1 is 1.70 bits per heavy atom. The van der Waals surface area contributed by atoms with Crippen molar-refractivity contribution in [3.8, 4) is 0 Å². The molecule has 1 aliphatic rings. The Kier molecular flexibility index (Phi) is 2.44. The number of ketones is 1. The molecule has 0 saturated carbocycles. The third-order valence-electron chi connectivity index (χ3n) is 1.99. The van der Waals surface area contributed by atoms with Gasteiger partial charge in [0.2, 0.25) is 0 Å². The molecule has 0 bridgehead atoms. The molecule has 1 fully saturated rings. The van der Waals surface area contributed by atoms with Gasteiger partial charge < -0.3 is 0 Å². The molecule has 0 aromatic heterocycles. The summed E-state index contributed by atoms with van der Waals surface area (Å²) < 4.78 is 0. The Bertz CT molecular complexity index is 133. The average Bonchev–Trinajstić information content (AvgIpc) is 1.85. The van der Waals surface area contributed by atoms with Crippen LogP contribution in [0.25, 0.3) is 0 Å². The number of hydrogen-bond acceptors (Lipinski definition) is 2. The first-order valence-corrected chi connectivity index (χ1v) is 3.96. The molecule has 1 saturated heterocycles. The van der Waals surface area contributed by atoms with Gasteiger partial charge in [-0.3, -0.25) is 9.69 Å². The summed E-state index contributed by atoms with van der Waals surface area (Å²) in [5.41, 5.74) is 0. The third-order valence-corrected chi connectivity index (χ3v) is 1.99. The van der Waals surface area contributed by atoms with E-state index in [-0.39, 0.29) is 0 Å². The molecule has 10 heavy (non-hydrogen) atoms. The highest BCUT2D eigenvalue weighted by molar-refractivity contribution is 5.81. The van der Waals surface area contributed by atoms with Crippen LogP contribution in [0.4, 0.5) is 0 Å². The number of nitrogens with zero attached hydrogens (tertiary/aromatic N) is 1. The second-order valence-electron chi connectivity index (χ2n) is 3.18. The molecular formula is C8H15NO. The zero-order chi connectivity index (χ0) is 7.56. The van der Waals surface area contributed by atoms with E-state index in [4.69, 9.17) is 0 Å². The lowest BCUT2D eigenvalue weighted by Crippen LogP contribution is -2.39. The monoisotopic (exact) mass is 141 g/mol. The molecule has 0 aromatic carbocycles. The fraction of sp³-hybridized carbons (Fsp3) is 0.875. The number of carbonyl (C=O) groups is 1. The van der Waals surface area contributed by atoms with Gasteiger partial charge in [0, 0.05) is 13.0 Å². The van der Waals surface area contributed by atoms with Crippen molar-refractivity contribution in [2.45, 2.75) is 20.3 Å². The van der Waals surface area contributed by atoms with Gasteiger partial charge in [-0.25, -0.2) is 0 Å². The summed E-state index contributed by atoms with van der Waals surface area (Å²) in [7, 11) is 0. The topological polar surface area (TPSA) is 20.3 Å². The van der Waals surface area contributed by atoms with Crippen LogP contribution in [-0.2, 0) is 4.79 Å². The van der Waals surface area contributed by atoms with Crippen LogP contribution in [0.1, 0.15) is 20.3 Å². The zero-order valence-corrected chi connectivity index (χ0v) is 6.76. The molecular weight excluding hydrogens is 126 g/mol. The SMILES string of the molecule is CCN1CC(=O)CC(C)C1. The highest BCUT2D eigenvalue weighted by Crippen LogP contribution is 2.11. The van der Waals surface area contributed by atoms with E-state index in [2.05, 4.69) is 18.7 Å². The number of hydrogen-bond donors (Lipinski definition) is 0. The Balaban J connectivity index is 2.42. The lowest BCUT2D eigenvalue weighted by atomic mass is 9.99. The van der Waals surface area contributed by atoms with Crippen molar-refractivity contribution in [3.05, 3.63) is 0 Å². The maximum absolute atomic E-state index is 11.0. The number of Topliss-reactive ketones (excluding diaryl/α,β-unsaturated/α-hetero) is 1. The number of piperidine rings is 1. The number of carbonyl (C=O) groups excluding carboxylic acids is 1. The van der Waals surface area contributed by atoms with E-state index < -0.39 is 0 Å². The van der Waals surface area contributed by atoms with Crippen LogP contribution in [-0.4, -0.2) is 30.3 Å². The van der Waals surface area contributed by atoms with Crippen molar-refractivity contribution in [2.75, 3.05) is 19.6 Å². The molecule has 0 radical (unpaired) electrons. The maximum Gasteiger partial charge on any atom is 0.147 e. The second-order valence-corrected chi connectivity index (χ2v) is 3.18. The van der Waals surface area contributed by atoms with Crippen LogP contribution in [0.5, 0.6) is 0 Å². The first-order valence-electron chi connectivity index (χ1n) is 3.96. The Hall–Kier alpha value is -0.370. The van der Waals surface area contributed by atoms with Gasteiger partial charge in [0.25, 0.3) is 0 Å². The normalized spacial score (nSPS) is 29.0. The van der Waals surface area contributed by atoms with Crippen LogP contribution in [0.2, 0.25) is 0 Å². The van der Waals surface area contributed by atoms with E-state index in [9.17, 15) is 4.79 Å². The largest absolute Gasteiger partial charge is 0.298 e. The molecule has 0 N–H and O–H groups in total. The van der Waals surface area contributed by atoms with E-state index in [1.165, 1.54) is 0 Å². The van der Waals surface area contributed by atoms with Gasteiger partial charge in [0.1, 0.15) is 5.78 Å². The quantitative estimate of drug-likeness (QED) is 0.541. The van der Waals surface area contributed by atoms with Crippen molar-refractivity contribution in [2.24, 2.45) is 5.92 Å². The van der Waals surface area contributed by atoms with Gasteiger partial charge in [0.15, 0.2) is 0 Å². The summed E-state index contributed by atoms with van der Waals surface area (Å²) >= 11 is 0. The fourth-order valence-corrected chi connectivity index (χ4v) is 1.51. The molecule has 1 atom stereocenters. The number of likely N-dealkylation sites (N-methyl/N-ethyl adjacent to an activating group) is 1. The van der Waals surface area contributed by atoms with Gasteiger partial charge in [0.05, 0.1) is 6.54 Å². The summed E-state index contributed by atoms with van der Waals surface area (Å²) in [5.74, 6) is 0.974. The molecule has 58 valence electrons. The summed E-state index contributed by atoms with van der Waals surface area (Å²) in [6, 6.07) is 0. The molecule has 1 unspecified atom stereocenters. The van der Waals surface area contributed by atoms with Crippen molar-refractivity contribution in [1.29, 1.82) is 0 Å². The standard InChI is InChI=1S/C8H15NO/c1-3-9-5-7(2)4-8(10)6-9/h7H,3-6H2,1-2H3. The van der Waals surface area contributed by atoms with Crippen molar-refractivity contribution in [1.82, 2.24) is 4.90 Å². The first kappa shape index (κ1) is 7.73. The predicted molar refractivity (Wildman–Crippen MR) is 40.9 cm³/mol. The van der Waals surface area contributed by atoms with Crippen molar-refractivity contribution < 1.29 is 4.79 Å². The molecule has 0 amide bonds. The molecule has 0 spiro atoms. The molecule has 0 aliphatic carbocycles. The van der Waals surface area contributed by atoms with E-state index in [0.29, 0.717) is 18.2 Å². The van der Waals surface area contributed by atoms with Crippen LogP contribution < -0.4 is 0 Å². The summed E-state index contributed by atoms with van der Waals surface area (Å²) in [6.07, 6.45) is 0.788. The minimum Gasteiger partial charge on any atom is -0.298 e. The van der Waals surface area contributed by atoms with E-state index in [1.54, 1.807) is 0 Å². The van der Waals surface area contributed by atoms with E-state index in [0.717, 1.165) is 19.5 Å². The van der Waals surface area contributed by atoms with Crippen LogP contribution in [0.3, 0.4) is 0 Å². The van der Waals surface area contributed by atoms with Gasteiger partial charge >= 0.3 is 0 Å². The maximum atomic E-state index is 11.0. The minimum absolute atomic E-state index is 0.403. The van der Waals surface area contributed by atoms with Crippen LogP contribution in [0.15, 0.2) is 0 Å². The molecule has 1 heterocycles. The molecule has 2 heteroatoms. The van der Waals surface area contributed by atoms with Crippen molar-refractivity contribution in [3.63, 3.8) is 0 Å². The highest BCUT2D eigenvalue weighted by Gasteiger charge is 2.20. The molecule has 1 rings (SSSR count). The van der Waals surface area contributed by atoms with Gasteiger partial charge in [-0.2, -0.15) is 0 Å². The zero-order valence-electron chi connectivity index (χ0n) is 6.76. The van der Waals surface area contributed by atoms with Gasteiger partial charge in [-0.05, 0) is 12.5 Å². The molecule has 2 nitrogen and oxygen atoms in total. The van der Waals surface area contributed by atoms with Gasteiger partial charge in [-0.1, -0.05) is 13.8 Å². The van der Waals surface area contributed by atoms with E-state index >= 15 is 0 Å². The van der Waals surface area contributed by atoms with Gasteiger partial charge in [-0.15, -0.1) is 0 Å². The summed E-state index contributed by atoms with van der Waals surface area (Å²) in [6.45, 7) is 7.03. The molecule has 1 aliphatic heterocycles. The van der Waals surface area contributed by atoms with E-state index in [1.807, 2.05) is 0 Å². The second kappa shape index (κ2) is 3.15. The summed E-state index contributed by atoms with van der Waals surface area (Å²) in [4.78, 5) is 13.2. The Labute approximate surface area is 62.2 Å². The average molecular weight is 141 g/mol. The predicted octanol–water partition coefficient (Wildman–Crippen LogP) is 0.917. The highest BCUT2D eigenvalue weighted by atomic mass is 16.1. The smallest absolute Gasteiger partial charge is 0.147 e. The number of likely N-dealkylation sites (tertiary alicyclic amines) is 1. The first-order chi connectivity index (χ1) is 4.72. The Morgan fingerprint density at radius 2 is 2.40 bits per heavy atom. The van der Waals surface area contributed by atoms with Crippen LogP contribution >= 0.6 is 0 Å². The summed E-state index contributed by atoms with van der Waals surface area (Å²) in [5, 5.41) is 0. The number of rotatable bonds is 1. The minimum atomic E-state index is 0.403. The van der Waals surface area contributed by atoms with Crippen molar-refractivity contribution >= 4 is 5.78 Å². The Morgan fingerprint density at radius 3 is 2.90 bits per heavy atom. The third kappa shape index (κ3) is 1.81. The lowest BCUT2D eigenvalue weighted by molar-refractivity contribution is -0.123.